The van der Waals surface area contributed by atoms with Crippen molar-refractivity contribution in [3.63, 3.8) is 0 Å². The lowest BCUT2D eigenvalue weighted by Crippen LogP contribution is -2.47. The molecular formula is C22H28O3. The normalized spacial score (nSPS) is 12.8. The van der Waals surface area contributed by atoms with Gasteiger partial charge in [0.15, 0.2) is 5.60 Å². The fourth-order valence-electron chi connectivity index (χ4n) is 3.66. The van der Waals surface area contributed by atoms with Crippen molar-refractivity contribution in [3.8, 4) is 0 Å². The van der Waals surface area contributed by atoms with E-state index >= 15 is 0 Å². The maximum Gasteiger partial charge on any atom is 0.335 e. The molecule has 0 atom stereocenters. The number of carbonyl (C=O) groups is 1. The Morgan fingerprint density at radius 3 is 1.36 bits per heavy atom. The average molecular weight is 340 g/mol. The summed E-state index contributed by atoms with van der Waals surface area (Å²) in [6, 6.07) is 19.5. The third-order valence-electron chi connectivity index (χ3n) is 4.98. The molecule has 0 aliphatic carbocycles. The topological polar surface area (TPSA) is 57.5 Å². The van der Waals surface area contributed by atoms with Crippen LogP contribution in [0.15, 0.2) is 60.7 Å². The monoisotopic (exact) mass is 340 g/mol. The van der Waals surface area contributed by atoms with E-state index in [9.17, 15) is 15.0 Å². The molecule has 0 heterocycles. The molecule has 2 aromatic rings. The highest BCUT2D eigenvalue weighted by molar-refractivity contribution is 5.77. The van der Waals surface area contributed by atoms with E-state index in [1.165, 1.54) is 0 Å². The Bertz CT molecular complexity index is 649. The zero-order valence-electron chi connectivity index (χ0n) is 15.5. The molecule has 2 aromatic carbocycles. The van der Waals surface area contributed by atoms with Gasteiger partial charge in [-0.3, -0.25) is 0 Å². The van der Waals surface area contributed by atoms with Gasteiger partial charge in [0.2, 0.25) is 0 Å². The quantitative estimate of drug-likeness (QED) is 0.778. The smallest absolute Gasteiger partial charge is 0.335 e. The van der Waals surface area contributed by atoms with Crippen LogP contribution >= 0.6 is 0 Å². The second kappa shape index (κ2) is 7.01. The van der Waals surface area contributed by atoms with Crippen molar-refractivity contribution in [1.82, 2.24) is 0 Å². The molecule has 0 saturated heterocycles. The SMILES string of the molecule is CC(C)(CC(O)(CC(C)(C)c1ccccc1)C(=O)O)c1ccccc1. The van der Waals surface area contributed by atoms with Crippen molar-refractivity contribution in [1.29, 1.82) is 0 Å². The van der Waals surface area contributed by atoms with Gasteiger partial charge in [-0.25, -0.2) is 4.79 Å². The van der Waals surface area contributed by atoms with Gasteiger partial charge < -0.3 is 10.2 Å². The first-order valence-corrected chi connectivity index (χ1v) is 8.64. The maximum atomic E-state index is 12.0. The van der Waals surface area contributed by atoms with E-state index in [0.717, 1.165) is 11.1 Å². The Labute approximate surface area is 150 Å². The molecule has 0 unspecified atom stereocenters. The van der Waals surface area contributed by atoms with Gasteiger partial charge in [-0.1, -0.05) is 88.4 Å². The van der Waals surface area contributed by atoms with Crippen molar-refractivity contribution >= 4 is 5.97 Å². The lowest BCUT2D eigenvalue weighted by atomic mass is 9.68. The summed E-state index contributed by atoms with van der Waals surface area (Å²) in [5.74, 6) is -1.17. The van der Waals surface area contributed by atoms with Crippen molar-refractivity contribution in [3.05, 3.63) is 71.8 Å². The van der Waals surface area contributed by atoms with Crippen LogP contribution in [-0.4, -0.2) is 21.8 Å². The van der Waals surface area contributed by atoms with E-state index in [4.69, 9.17) is 0 Å². The summed E-state index contributed by atoms with van der Waals surface area (Å²) in [4.78, 5) is 12.0. The minimum absolute atomic E-state index is 0.148. The molecule has 0 aromatic heterocycles. The molecule has 0 saturated carbocycles. The van der Waals surface area contributed by atoms with Crippen LogP contribution in [0.3, 0.4) is 0 Å². The molecule has 0 aliphatic heterocycles. The molecule has 0 radical (unpaired) electrons. The van der Waals surface area contributed by atoms with E-state index in [2.05, 4.69) is 0 Å². The number of hydrogen-bond donors (Lipinski definition) is 2. The van der Waals surface area contributed by atoms with Gasteiger partial charge >= 0.3 is 5.97 Å². The van der Waals surface area contributed by atoms with Gasteiger partial charge in [0.1, 0.15) is 0 Å². The van der Waals surface area contributed by atoms with Gasteiger partial charge in [0, 0.05) is 0 Å². The fraction of sp³-hybridized carbons (Fsp3) is 0.409. The van der Waals surface area contributed by atoms with Crippen LogP contribution in [0.2, 0.25) is 0 Å². The Kier molecular flexibility index (Phi) is 5.38. The van der Waals surface area contributed by atoms with Crippen molar-refractivity contribution in [2.24, 2.45) is 0 Å². The Morgan fingerprint density at radius 2 is 1.08 bits per heavy atom. The van der Waals surface area contributed by atoms with E-state index in [0.29, 0.717) is 0 Å². The molecule has 0 aliphatic rings. The van der Waals surface area contributed by atoms with Gasteiger partial charge in [-0.15, -0.1) is 0 Å². The summed E-state index contributed by atoms with van der Waals surface area (Å²) < 4.78 is 0. The standard InChI is InChI=1S/C22H28O3/c1-20(2,17-11-7-5-8-12-17)15-22(25,19(23)24)16-21(3,4)18-13-9-6-10-14-18/h5-14,25H,15-16H2,1-4H3,(H,23,24). The zero-order valence-corrected chi connectivity index (χ0v) is 15.5. The van der Waals surface area contributed by atoms with Crippen LogP contribution in [0.1, 0.15) is 51.7 Å². The third-order valence-corrected chi connectivity index (χ3v) is 4.98. The fourth-order valence-corrected chi connectivity index (χ4v) is 3.66. The molecule has 0 spiro atoms. The summed E-state index contributed by atoms with van der Waals surface area (Å²) in [5.41, 5.74) is -0.680. The maximum absolute atomic E-state index is 12.0. The second-order valence-electron chi connectivity index (χ2n) is 8.19. The third kappa shape index (κ3) is 4.49. The van der Waals surface area contributed by atoms with Crippen molar-refractivity contribution in [2.75, 3.05) is 0 Å². The second-order valence-corrected chi connectivity index (χ2v) is 8.19. The van der Waals surface area contributed by atoms with Crippen LogP contribution in [0.25, 0.3) is 0 Å². The lowest BCUT2D eigenvalue weighted by molar-refractivity contribution is -0.163. The summed E-state index contributed by atoms with van der Waals surface area (Å²) >= 11 is 0. The van der Waals surface area contributed by atoms with E-state index < -0.39 is 22.4 Å². The lowest BCUT2D eigenvalue weighted by Gasteiger charge is -2.39. The first-order chi connectivity index (χ1) is 11.6. The van der Waals surface area contributed by atoms with Crippen LogP contribution in [0, 0.1) is 0 Å². The first kappa shape index (κ1) is 19.2. The van der Waals surface area contributed by atoms with Crippen LogP contribution < -0.4 is 0 Å². The highest BCUT2D eigenvalue weighted by Crippen LogP contribution is 2.40. The Morgan fingerprint density at radius 1 is 0.760 bits per heavy atom. The first-order valence-electron chi connectivity index (χ1n) is 8.64. The molecule has 3 heteroatoms. The number of hydrogen-bond acceptors (Lipinski definition) is 2. The number of rotatable bonds is 7. The van der Waals surface area contributed by atoms with Crippen molar-refractivity contribution < 1.29 is 15.0 Å². The zero-order chi connectivity index (χ0) is 18.7. The number of benzene rings is 2. The number of carboxylic acid groups (broad SMARTS) is 1. The summed E-state index contributed by atoms with van der Waals surface area (Å²) in [6.07, 6.45) is 0.297. The molecule has 2 rings (SSSR count). The highest BCUT2D eigenvalue weighted by atomic mass is 16.4. The van der Waals surface area contributed by atoms with Crippen molar-refractivity contribution in [2.45, 2.75) is 57.0 Å². The molecule has 25 heavy (non-hydrogen) atoms. The minimum Gasteiger partial charge on any atom is -0.479 e. The molecule has 3 nitrogen and oxygen atoms in total. The van der Waals surface area contributed by atoms with Gasteiger partial charge in [-0.2, -0.15) is 0 Å². The summed E-state index contributed by atoms with van der Waals surface area (Å²) in [7, 11) is 0. The van der Waals surface area contributed by atoms with Crippen LogP contribution in [0.5, 0.6) is 0 Å². The Balaban J connectivity index is 2.31. The van der Waals surface area contributed by atoms with E-state index in [1.54, 1.807) is 0 Å². The predicted molar refractivity (Wildman–Crippen MR) is 101 cm³/mol. The van der Waals surface area contributed by atoms with Crippen LogP contribution in [-0.2, 0) is 15.6 Å². The average Bonchev–Trinajstić information content (AvgIpc) is 2.55. The van der Waals surface area contributed by atoms with E-state index in [-0.39, 0.29) is 12.8 Å². The largest absolute Gasteiger partial charge is 0.479 e. The van der Waals surface area contributed by atoms with E-state index in [1.807, 2.05) is 88.4 Å². The molecule has 134 valence electrons. The van der Waals surface area contributed by atoms with Gasteiger partial charge in [-0.05, 0) is 34.8 Å². The molecule has 0 amide bonds. The molecule has 2 N–H and O–H groups in total. The predicted octanol–water partition coefficient (Wildman–Crippen LogP) is 4.54. The summed E-state index contributed by atoms with van der Waals surface area (Å²) in [5, 5.41) is 20.9. The number of carboxylic acids is 1. The number of aliphatic carboxylic acids is 1. The van der Waals surface area contributed by atoms with Gasteiger partial charge in [0.25, 0.3) is 0 Å². The molecular weight excluding hydrogens is 312 g/mol. The number of aliphatic hydroxyl groups is 1. The highest BCUT2D eigenvalue weighted by Gasteiger charge is 2.45. The minimum atomic E-state index is -1.81. The summed E-state index contributed by atoms with van der Waals surface area (Å²) in [6.45, 7) is 7.91. The van der Waals surface area contributed by atoms with Gasteiger partial charge in [0.05, 0.1) is 0 Å². The van der Waals surface area contributed by atoms with Crippen LogP contribution in [0.4, 0.5) is 0 Å². The molecule has 0 bridgehead atoms. The Hall–Kier alpha value is -2.13. The molecule has 0 fully saturated rings.